The van der Waals surface area contributed by atoms with Gasteiger partial charge in [-0.05, 0) is 30.2 Å². The second kappa shape index (κ2) is 5.89. The molecule has 0 saturated carbocycles. The maximum Gasteiger partial charge on any atom is 0.256 e. The van der Waals surface area contributed by atoms with Gasteiger partial charge in [-0.1, -0.05) is 24.3 Å². The van der Waals surface area contributed by atoms with Gasteiger partial charge in [0.15, 0.2) is 0 Å². The average Bonchev–Trinajstić information content (AvgIpc) is 3.15. The molecule has 22 heavy (non-hydrogen) atoms. The summed E-state index contributed by atoms with van der Waals surface area (Å²) in [6.07, 6.45) is 5.40. The highest BCUT2D eigenvalue weighted by molar-refractivity contribution is 5.97. The van der Waals surface area contributed by atoms with Crippen molar-refractivity contribution in [3.63, 3.8) is 0 Å². The summed E-state index contributed by atoms with van der Waals surface area (Å²) in [5.74, 6) is 0.632. The molecule has 1 amide bonds. The summed E-state index contributed by atoms with van der Waals surface area (Å²) in [7, 11) is 1.83. The van der Waals surface area contributed by atoms with Gasteiger partial charge >= 0.3 is 0 Å². The third-order valence-corrected chi connectivity index (χ3v) is 3.70. The van der Waals surface area contributed by atoms with Crippen LogP contribution in [-0.2, 0) is 13.6 Å². The van der Waals surface area contributed by atoms with Crippen LogP contribution in [-0.4, -0.2) is 20.3 Å². The number of nitrogens with one attached hydrogen (secondary N) is 1. The molecule has 5 nitrogen and oxygen atoms in total. The maximum absolute atomic E-state index is 12.5. The van der Waals surface area contributed by atoms with Crippen LogP contribution >= 0.6 is 0 Å². The molecule has 112 valence electrons. The Kier molecular flexibility index (Phi) is 3.78. The van der Waals surface area contributed by atoms with E-state index < -0.39 is 0 Å². The first-order valence-corrected chi connectivity index (χ1v) is 7.15. The van der Waals surface area contributed by atoms with Crippen molar-refractivity contribution in [3.8, 4) is 5.82 Å². The van der Waals surface area contributed by atoms with Gasteiger partial charge in [0.25, 0.3) is 5.91 Å². The number of benzene rings is 1. The van der Waals surface area contributed by atoms with E-state index >= 15 is 0 Å². The van der Waals surface area contributed by atoms with Crippen molar-refractivity contribution in [3.05, 3.63) is 71.7 Å². The van der Waals surface area contributed by atoms with E-state index in [0.717, 1.165) is 11.4 Å². The van der Waals surface area contributed by atoms with E-state index in [-0.39, 0.29) is 5.91 Å². The third kappa shape index (κ3) is 2.65. The van der Waals surface area contributed by atoms with Crippen LogP contribution in [0.25, 0.3) is 5.82 Å². The van der Waals surface area contributed by atoms with Crippen molar-refractivity contribution in [1.29, 1.82) is 0 Å². The van der Waals surface area contributed by atoms with Crippen LogP contribution in [0, 0.1) is 6.92 Å². The molecule has 0 bridgehead atoms. The minimum atomic E-state index is -0.125. The molecule has 0 aliphatic rings. The van der Waals surface area contributed by atoms with E-state index in [2.05, 4.69) is 10.4 Å². The molecule has 0 atom stereocenters. The van der Waals surface area contributed by atoms with Crippen LogP contribution in [0.5, 0.6) is 0 Å². The number of hydrogen-bond acceptors (Lipinski definition) is 2. The number of amides is 1. The van der Waals surface area contributed by atoms with Gasteiger partial charge in [-0.3, -0.25) is 9.48 Å². The minimum Gasteiger partial charge on any atom is -0.348 e. The van der Waals surface area contributed by atoms with Crippen molar-refractivity contribution < 1.29 is 4.79 Å². The van der Waals surface area contributed by atoms with E-state index in [1.165, 1.54) is 5.56 Å². The molecule has 0 saturated heterocycles. The molecule has 0 radical (unpaired) electrons. The predicted molar refractivity (Wildman–Crippen MR) is 84.9 cm³/mol. The van der Waals surface area contributed by atoms with Crippen LogP contribution < -0.4 is 5.32 Å². The molecule has 0 spiro atoms. The van der Waals surface area contributed by atoms with Gasteiger partial charge in [0.1, 0.15) is 11.4 Å². The zero-order valence-electron chi connectivity index (χ0n) is 12.7. The molecule has 0 fully saturated rings. The number of nitrogens with zero attached hydrogens (tertiary/aromatic N) is 3. The lowest BCUT2D eigenvalue weighted by atomic mass is 10.1. The number of carbonyl (C=O) groups is 1. The SMILES string of the molecule is Cc1ccccc1CNC(=O)c1cnn(C)c1-n1cccc1. The second-order valence-corrected chi connectivity index (χ2v) is 5.20. The number of rotatable bonds is 4. The molecular weight excluding hydrogens is 276 g/mol. The van der Waals surface area contributed by atoms with Gasteiger partial charge < -0.3 is 9.88 Å². The molecule has 5 heteroatoms. The molecule has 0 unspecified atom stereocenters. The van der Waals surface area contributed by atoms with Crippen molar-refractivity contribution in [2.24, 2.45) is 7.05 Å². The fourth-order valence-electron chi connectivity index (χ4n) is 2.45. The summed E-state index contributed by atoms with van der Waals surface area (Å²) < 4.78 is 3.58. The van der Waals surface area contributed by atoms with E-state index in [1.807, 2.05) is 67.3 Å². The Balaban J connectivity index is 1.81. The monoisotopic (exact) mass is 294 g/mol. The smallest absolute Gasteiger partial charge is 0.256 e. The summed E-state index contributed by atoms with van der Waals surface area (Å²) in [6, 6.07) is 11.9. The summed E-state index contributed by atoms with van der Waals surface area (Å²) >= 11 is 0. The van der Waals surface area contributed by atoms with Gasteiger partial charge in [0.2, 0.25) is 0 Å². The Labute approximate surface area is 129 Å². The zero-order chi connectivity index (χ0) is 15.5. The largest absolute Gasteiger partial charge is 0.348 e. The standard InChI is InChI=1S/C17H18N4O/c1-13-7-3-4-8-14(13)11-18-16(22)15-12-19-20(2)17(15)21-9-5-6-10-21/h3-10,12H,11H2,1-2H3,(H,18,22). The lowest BCUT2D eigenvalue weighted by Crippen LogP contribution is -2.24. The van der Waals surface area contributed by atoms with Crippen molar-refractivity contribution >= 4 is 5.91 Å². The first kappa shape index (κ1) is 14.1. The number of hydrogen-bond donors (Lipinski definition) is 1. The molecule has 1 aromatic carbocycles. The van der Waals surface area contributed by atoms with Crippen molar-refractivity contribution in [2.75, 3.05) is 0 Å². The van der Waals surface area contributed by atoms with Gasteiger partial charge in [-0.2, -0.15) is 5.10 Å². The molecule has 2 aromatic heterocycles. The summed E-state index contributed by atoms with van der Waals surface area (Å²) in [5.41, 5.74) is 2.84. The molecule has 3 rings (SSSR count). The van der Waals surface area contributed by atoms with Crippen LogP contribution in [0.2, 0.25) is 0 Å². The number of carbonyl (C=O) groups excluding carboxylic acids is 1. The Bertz CT molecular complexity index is 787. The molecule has 3 aromatic rings. The summed E-state index contributed by atoms with van der Waals surface area (Å²) in [6.45, 7) is 2.54. The maximum atomic E-state index is 12.5. The van der Waals surface area contributed by atoms with E-state index in [1.54, 1.807) is 10.9 Å². The first-order valence-electron chi connectivity index (χ1n) is 7.15. The molecular formula is C17H18N4O. The first-order chi connectivity index (χ1) is 10.7. The van der Waals surface area contributed by atoms with Crippen molar-refractivity contribution in [2.45, 2.75) is 13.5 Å². The van der Waals surface area contributed by atoms with Crippen LogP contribution in [0.15, 0.2) is 55.0 Å². The number of aromatic nitrogens is 3. The lowest BCUT2D eigenvalue weighted by Gasteiger charge is -2.09. The third-order valence-electron chi connectivity index (χ3n) is 3.70. The molecule has 0 aliphatic carbocycles. The zero-order valence-corrected chi connectivity index (χ0v) is 12.7. The second-order valence-electron chi connectivity index (χ2n) is 5.20. The van der Waals surface area contributed by atoms with Crippen LogP contribution in [0.4, 0.5) is 0 Å². The molecule has 0 aliphatic heterocycles. The van der Waals surface area contributed by atoms with Crippen LogP contribution in [0.3, 0.4) is 0 Å². The predicted octanol–water partition coefficient (Wildman–Crippen LogP) is 2.45. The Morgan fingerprint density at radius 3 is 2.64 bits per heavy atom. The van der Waals surface area contributed by atoms with E-state index in [9.17, 15) is 4.79 Å². The fraction of sp³-hybridized carbons (Fsp3) is 0.176. The Morgan fingerprint density at radius 1 is 1.18 bits per heavy atom. The summed E-state index contributed by atoms with van der Waals surface area (Å²) in [4.78, 5) is 12.5. The van der Waals surface area contributed by atoms with Gasteiger partial charge in [0, 0.05) is 26.0 Å². The lowest BCUT2D eigenvalue weighted by molar-refractivity contribution is 0.0951. The van der Waals surface area contributed by atoms with Crippen molar-refractivity contribution in [1.82, 2.24) is 19.7 Å². The average molecular weight is 294 g/mol. The molecule has 2 heterocycles. The van der Waals surface area contributed by atoms with E-state index in [0.29, 0.717) is 12.1 Å². The Morgan fingerprint density at radius 2 is 1.91 bits per heavy atom. The van der Waals surface area contributed by atoms with E-state index in [4.69, 9.17) is 0 Å². The summed E-state index contributed by atoms with van der Waals surface area (Å²) in [5, 5.41) is 7.17. The van der Waals surface area contributed by atoms with Gasteiger partial charge in [-0.25, -0.2) is 0 Å². The highest BCUT2D eigenvalue weighted by Gasteiger charge is 2.17. The van der Waals surface area contributed by atoms with Gasteiger partial charge in [0.05, 0.1) is 6.20 Å². The normalized spacial score (nSPS) is 10.6. The number of aryl methyl sites for hydroxylation is 2. The highest BCUT2D eigenvalue weighted by atomic mass is 16.1. The topological polar surface area (TPSA) is 51.9 Å². The quantitative estimate of drug-likeness (QED) is 0.803. The van der Waals surface area contributed by atoms with Gasteiger partial charge in [-0.15, -0.1) is 0 Å². The fourth-order valence-corrected chi connectivity index (χ4v) is 2.45. The minimum absolute atomic E-state index is 0.125. The molecule has 1 N–H and O–H groups in total. The van der Waals surface area contributed by atoms with Crippen LogP contribution in [0.1, 0.15) is 21.5 Å². The highest BCUT2D eigenvalue weighted by Crippen LogP contribution is 2.14. The Hall–Kier alpha value is -2.82.